The molecule has 0 aliphatic carbocycles. The van der Waals surface area contributed by atoms with Gasteiger partial charge in [-0.2, -0.15) is 0 Å². The second-order valence-corrected chi connectivity index (χ2v) is 7.88. The van der Waals surface area contributed by atoms with E-state index >= 15 is 0 Å². The Balaban J connectivity index is 1.33. The van der Waals surface area contributed by atoms with E-state index in [1.54, 1.807) is 11.8 Å². The first-order valence-electron chi connectivity index (χ1n) is 9.35. The summed E-state index contributed by atoms with van der Waals surface area (Å²) in [5.74, 6) is 3.10. The van der Waals surface area contributed by atoms with Crippen LogP contribution in [0.25, 0.3) is 0 Å². The van der Waals surface area contributed by atoms with Crippen molar-refractivity contribution in [2.24, 2.45) is 9.98 Å². The maximum absolute atomic E-state index is 5.95. The lowest BCUT2D eigenvalue weighted by atomic mass is 10.0. The van der Waals surface area contributed by atoms with E-state index in [4.69, 9.17) is 19.5 Å². The van der Waals surface area contributed by atoms with Crippen molar-refractivity contribution in [3.63, 3.8) is 0 Å². The molecule has 2 aliphatic rings. The highest BCUT2D eigenvalue weighted by Crippen LogP contribution is 2.31. The van der Waals surface area contributed by atoms with E-state index in [0.717, 1.165) is 23.3 Å². The summed E-state index contributed by atoms with van der Waals surface area (Å²) >= 11 is 1.73. The summed E-state index contributed by atoms with van der Waals surface area (Å²) in [7, 11) is 0. The third kappa shape index (κ3) is 4.19. The van der Waals surface area contributed by atoms with E-state index in [1.165, 1.54) is 11.1 Å². The molecular weight excluding hydrogens is 356 g/mol. The van der Waals surface area contributed by atoms with E-state index in [0.29, 0.717) is 0 Å². The molecule has 4 nitrogen and oxygen atoms in total. The molecule has 4 rings (SSSR count). The first kappa shape index (κ1) is 18.1. The summed E-state index contributed by atoms with van der Waals surface area (Å²) in [6.07, 6.45) is 0.149. The molecule has 140 valence electrons. The molecule has 4 unspecified atom stereocenters. The zero-order valence-corrected chi connectivity index (χ0v) is 16.4. The van der Waals surface area contributed by atoms with Crippen LogP contribution in [-0.4, -0.2) is 35.5 Å². The van der Waals surface area contributed by atoms with Crippen molar-refractivity contribution in [2.75, 3.05) is 11.5 Å². The lowest BCUT2D eigenvalue weighted by Gasteiger charge is -2.13. The lowest BCUT2D eigenvalue weighted by molar-refractivity contribution is 0.212. The molecule has 0 amide bonds. The smallest absolute Gasteiger partial charge is 0.194 e. The minimum absolute atomic E-state index is 0.0746. The molecule has 0 saturated heterocycles. The van der Waals surface area contributed by atoms with Crippen LogP contribution in [-0.2, 0) is 9.47 Å². The third-order valence-corrected chi connectivity index (χ3v) is 5.73. The maximum Gasteiger partial charge on any atom is 0.194 e. The predicted molar refractivity (Wildman–Crippen MR) is 112 cm³/mol. The zero-order chi connectivity index (χ0) is 18.6. The molecule has 2 heterocycles. The van der Waals surface area contributed by atoms with Crippen LogP contribution in [0.5, 0.6) is 0 Å². The molecular formula is C22H24N2O2S. The molecule has 2 aliphatic heterocycles. The molecule has 0 N–H and O–H groups in total. The molecule has 0 radical (unpaired) electrons. The van der Waals surface area contributed by atoms with E-state index in [-0.39, 0.29) is 24.3 Å². The van der Waals surface area contributed by atoms with Gasteiger partial charge in [0.05, 0.1) is 11.5 Å². The number of hydrogen-bond donors (Lipinski definition) is 0. The standard InChI is InChI=1S/C22H24N2O2S/c1-15-21(17-9-5-3-6-10-17)23-19(25-15)13-27-14-20-24-22(16(2)26-20)18-11-7-4-8-12-18/h3-12,15-16,21-22H,13-14H2,1-2H3. The van der Waals surface area contributed by atoms with Gasteiger partial charge in [-0.15, -0.1) is 11.8 Å². The Morgan fingerprint density at radius 2 is 1.11 bits per heavy atom. The normalized spacial score (nSPS) is 26.9. The number of ether oxygens (including phenoxy) is 2. The highest BCUT2D eigenvalue weighted by atomic mass is 32.2. The molecule has 2 aromatic rings. The van der Waals surface area contributed by atoms with Crippen LogP contribution < -0.4 is 0 Å². The summed E-state index contributed by atoms with van der Waals surface area (Å²) in [6, 6.07) is 20.8. The van der Waals surface area contributed by atoms with Crippen molar-refractivity contribution >= 4 is 23.6 Å². The van der Waals surface area contributed by atoms with Gasteiger partial charge in [0.25, 0.3) is 0 Å². The second kappa shape index (κ2) is 8.17. The minimum atomic E-state index is 0.0746. The van der Waals surface area contributed by atoms with Crippen LogP contribution >= 0.6 is 11.8 Å². The number of rotatable bonds is 6. The van der Waals surface area contributed by atoms with Gasteiger partial charge in [0.2, 0.25) is 0 Å². The first-order chi connectivity index (χ1) is 13.2. The fourth-order valence-corrected chi connectivity index (χ4v) is 4.24. The quantitative estimate of drug-likeness (QED) is 0.720. The van der Waals surface area contributed by atoms with Crippen LogP contribution in [0.2, 0.25) is 0 Å². The average molecular weight is 381 g/mol. The molecule has 0 bridgehead atoms. The Bertz CT molecular complexity index is 753. The van der Waals surface area contributed by atoms with Gasteiger partial charge in [-0.25, -0.2) is 9.98 Å². The van der Waals surface area contributed by atoms with Crippen molar-refractivity contribution in [3.8, 4) is 0 Å². The summed E-state index contributed by atoms with van der Waals surface area (Å²) < 4.78 is 11.9. The molecule has 0 spiro atoms. The van der Waals surface area contributed by atoms with Crippen LogP contribution in [0.1, 0.15) is 37.1 Å². The van der Waals surface area contributed by atoms with Crippen LogP contribution in [0.15, 0.2) is 70.6 Å². The van der Waals surface area contributed by atoms with Crippen molar-refractivity contribution in [1.82, 2.24) is 0 Å². The fraction of sp³-hybridized carbons (Fsp3) is 0.364. The Morgan fingerprint density at radius 3 is 1.52 bits per heavy atom. The van der Waals surface area contributed by atoms with Crippen LogP contribution in [0.3, 0.4) is 0 Å². The van der Waals surface area contributed by atoms with Gasteiger partial charge in [0.15, 0.2) is 11.8 Å². The topological polar surface area (TPSA) is 43.2 Å². The maximum atomic E-state index is 5.95. The summed E-state index contributed by atoms with van der Waals surface area (Å²) in [4.78, 5) is 9.55. The van der Waals surface area contributed by atoms with Gasteiger partial charge in [0.1, 0.15) is 24.3 Å². The highest BCUT2D eigenvalue weighted by Gasteiger charge is 2.30. The molecule has 0 fully saturated rings. The van der Waals surface area contributed by atoms with E-state index in [2.05, 4.69) is 38.1 Å². The molecule has 0 saturated carbocycles. The number of aliphatic imine (C=N–C) groups is 2. The second-order valence-electron chi connectivity index (χ2n) is 6.90. The number of benzene rings is 2. The van der Waals surface area contributed by atoms with E-state index in [1.807, 2.05) is 36.4 Å². The van der Waals surface area contributed by atoms with E-state index in [9.17, 15) is 0 Å². The van der Waals surface area contributed by atoms with Crippen molar-refractivity contribution in [3.05, 3.63) is 71.8 Å². The molecule has 27 heavy (non-hydrogen) atoms. The SMILES string of the molecule is CC1OC(CSCC2=NC(c3ccccc3)C(C)O2)=NC1c1ccccc1. The summed E-state index contributed by atoms with van der Waals surface area (Å²) in [6.45, 7) is 4.16. The number of thioether (sulfide) groups is 1. The Kier molecular flexibility index (Phi) is 5.48. The summed E-state index contributed by atoms with van der Waals surface area (Å²) in [5.41, 5.74) is 2.40. The van der Waals surface area contributed by atoms with Crippen LogP contribution in [0.4, 0.5) is 0 Å². The minimum Gasteiger partial charge on any atom is -0.475 e. The van der Waals surface area contributed by atoms with Gasteiger partial charge in [-0.05, 0) is 25.0 Å². The van der Waals surface area contributed by atoms with Crippen molar-refractivity contribution in [1.29, 1.82) is 0 Å². The predicted octanol–water partition coefficient (Wildman–Crippen LogP) is 4.84. The first-order valence-corrected chi connectivity index (χ1v) is 10.5. The van der Waals surface area contributed by atoms with Crippen LogP contribution in [0, 0.1) is 0 Å². The fourth-order valence-electron chi connectivity index (χ4n) is 3.50. The van der Waals surface area contributed by atoms with Gasteiger partial charge >= 0.3 is 0 Å². The molecule has 2 aromatic carbocycles. The van der Waals surface area contributed by atoms with Gasteiger partial charge < -0.3 is 9.47 Å². The van der Waals surface area contributed by atoms with Crippen molar-refractivity contribution < 1.29 is 9.47 Å². The monoisotopic (exact) mass is 380 g/mol. The lowest BCUT2D eigenvalue weighted by Crippen LogP contribution is -2.14. The Morgan fingerprint density at radius 1 is 0.704 bits per heavy atom. The Labute approximate surface area is 164 Å². The number of hydrogen-bond acceptors (Lipinski definition) is 5. The summed E-state index contributed by atoms with van der Waals surface area (Å²) in [5, 5.41) is 0. The van der Waals surface area contributed by atoms with E-state index < -0.39 is 0 Å². The number of nitrogens with zero attached hydrogens (tertiary/aromatic N) is 2. The van der Waals surface area contributed by atoms with Gasteiger partial charge in [-0.1, -0.05) is 60.7 Å². The molecule has 5 heteroatoms. The molecule has 4 atom stereocenters. The molecule has 0 aromatic heterocycles. The van der Waals surface area contributed by atoms with Gasteiger partial charge in [-0.3, -0.25) is 0 Å². The van der Waals surface area contributed by atoms with Crippen molar-refractivity contribution in [2.45, 2.75) is 38.1 Å². The average Bonchev–Trinajstić information content (AvgIpc) is 3.25. The Hall–Kier alpha value is -2.27. The zero-order valence-electron chi connectivity index (χ0n) is 15.6. The van der Waals surface area contributed by atoms with Gasteiger partial charge in [0, 0.05) is 0 Å². The third-order valence-electron chi connectivity index (χ3n) is 4.83. The largest absolute Gasteiger partial charge is 0.475 e. The highest BCUT2D eigenvalue weighted by molar-refractivity contribution is 8.00.